The van der Waals surface area contributed by atoms with Crippen LogP contribution >= 0.6 is 23.1 Å². The van der Waals surface area contributed by atoms with Crippen molar-refractivity contribution in [1.29, 1.82) is 0 Å². The topological polar surface area (TPSA) is 24.9 Å². The summed E-state index contributed by atoms with van der Waals surface area (Å²) >= 11 is 3.56. The maximum Gasteiger partial charge on any atom is 0.0981 e. The van der Waals surface area contributed by atoms with Crippen molar-refractivity contribution in [3.05, 3.63) is 40.3 Å². The van der Waals surface area contributed by atoms with Gasteiger partial charge in [0.15, 0.2) is 0 Å². The molecule has 0 aliphatic carbocycles. The Balaban J connectivity index is 2.05. The van der Waals surface area contributed by atoms with Crippen molar-refractivity contribution in [3.8, 4) is 0 Å². The summed E-state index contributed by atoms with van der Waals surface area (Å²) in [4.78, 5) is 7.07. The molecule has 2 nitrogen and oxygen atoms in total. The number of aromatic nitrogens is 1. The first-order valence-corrected chi connectivity index (χ1v) is 8.37. The van der Waals surface area contributed by atoms with E-state index in [1.165, 1.54) is 20.5 Å². The highest BCUT2D eigenvalue weighted by Crippen LogP contribution is 2.28. The molecule has 0 atom stereocenters. The molecule has 1 heterocycles. The third-order valence-electron chi connectivity index (χ3n) is 2.76. The zero-order chi connectivity index (χ0) is 13.9. The molecule has 1 N–H and O–H groups in total. The number of thiazole rings is 1. The summed E-state index contributed by atoms with van der Waals surface area (Å²) in [5, 5.41) is 4.69. The summed E-state index contributed by atoms with van der Waals surface area (Å²) in [6.45, 7) is 7.44. The first-order chi connectivity index (χ1) is 9.00. The van der Waals surface area contributed by atoms with E-state index in [0.29, 0.717) is 0 Å². The molecule has 2 aromatic rings. The van der Waals surface area contributed by atoms with Gasteiger partial charge in [-0.25, -0.2) is 4.98 Å². The predicted molar refractivity (Wildman–Crippen MR) is 86.4 cm³/mol. The maximum atomic E-state index is 4.52. The third-order valence-corrected chi connectivity index (χ3v) is 4.97. The number of benzene rings is 1. The zero-order valence-corrected chi connectivity index (χ0v) is 13.5. The van der Waals surface area contributed by atoms with Gasteiger partial charge in [0.1, 0.15) is 0 Å². The van der Waals surface area contributed by atoms with Crippen molar-refractivity contribution in [2.75, 3.05) is 11.6 Å². The number of para-hydroxylation sites is 1. The van der Waals surface area contributed by atoms with E-state index in [2.05, 4.69) is 61.6 Å². The molecule has 1 aromatic carbocycles. The molecule has 0 aliphatic heterocycles. The lowest BCUT2D eigenvalue weighted by Crippen LogP contribution is -2.09. The van der Waals surface area contributed by atoms with Gasteiger partial charge in [0.05, 0.1) is 11.6 Å². The zero-order valence-electron chi connectivity index (χ0n) is 11.9. The molecule has 102 valence electrons. The van der Waals surface area contributed by atoms with Crippen molar-refractivity contribution in [2.45, 2.75) is 37.6 Å². The monoisotopic (exact) mass is 292 g/mol. The van der Waals surface area contributed by atoms with Gasteiger partial charge < -0.3 is 5.32 Å². The van der Waals surface area contributed by atoms with Gasteiger partial charge in [0.25, 0.3) is 0 Å². The SMILES string of the molecule is CSc1ccccc1NCc1cnc(C(C)(C)C)s1. The minimum atomic E-state index is 0.139. The van der Waals surface area contributed by atoms with Gasteiger partial charge in [-0.15, -0.1) is 23.1 Å². The van der Waals surface area contributed by atoms with Crippen molar-refractivity contribution >= 4 is 28.8 Å². The summed E-state index contributed by atoms with van der Waals surface area (Å²) in [5.41, 5.74) is 1.33. The highest BCUT2D eigenvalue weighted by Gasteiger charge is 2.17. The summed E-state index contributed by atoms with van der Waals surface area (Å²) in [6, 6.07) is 8.40. The van der Waals surface area contributed by atoms with E-state index in [1.807, 2.05) is 6.20 Å². The van der Waals surface area contributed by atoms with Gasteiger partial charge in [-0.3, -0.25) is 0 Å². The molecule has 4 heteroatoms. The van der Waals surface area contributed by atoms with E-state index in [9.17, 15) is 0 Å². The second kappa shape index (κ2) is 5.97. The Morgan fingerprint density at radius 3 is 2.63 bits per heavy atom. The molecule has 0 spiro atoms. The van der Waals surface area contributed by atoms with Gasteiger partial charge in [-0.2, -0.15) is 0 Å². The lowest BCUT2D eigenvalue weighted by atomic mass is 9.98. The van der Waals surface area contributed by atoms with E-state index in [1.54, 1.807) is 23.1 Å². The van der Waals surface area contributed by atoms with Crippen LogP contribution in [-0.4, -0.2) is 11.2 Å². The lowest BCUT2D eigenvalue weighted by Gasteiger charge is -2.13. The third kappa shape index (κ3) is 3.74. The van der Waals surface area contributed by atoms with E-state index >= 15 is 0 Å². The Bertz CT molecular complexity index is 541. The summed E-state index contributed by atoms with van der Waals surface area (Å²) in [7, 11) is 0. The van der Waals surface area contributed by atoms with Gasteiger partial charge in [-0.1, -0.05) is 32.9 Å². The Kier molecular flexibility index (Phi) is 4.53. The average Bonchev–Trinajstić information content (AvgIpc) is 2.85. The van der Waals surface area contributed by atoms with E-state index < -0.39 is 0 Å². The second-order valence-corrected chi connectivity index (χ2v) is 7.40. The van der Waals surface area contributed by atoms with Crippen LogP contribution in [0, 0.1) is 0 Å². The second-order valence-electron chi connectivity index (χ2n) is 5.44. The van der Waals surface area contributed by atoms with E-state index in [0.717, 1.165) is 6.54 Å². The van der Waals surface area contributed by atoms with Crippen LogP contribution in [-0.2, 0) is 12.0 Å². The fraction of sp³-hybridized carbons (Fsp3) is 0.400. The number of anilines is 1. The Morgan fingerprint density at radius 2 is 2.00 bits per heavy atom. The average molecular weight is 292 g/mol. The Hall–Kier alpha value is -1.00. The van der Waals surface area contributed by atoms with E-state index in [-0.39, 0.29) is 5.41 Å². The number of nitrogens with one attached hydrogen (secondary N) is 1. The molecule has 19 heavy (non-hydrogen) atoms. The molecule has 0 aliphatic rings. The molecule has 0 fully saturated rings. The molecule has 0 saturated carbocycles. The fourth-order valence-corrected chi connectivity index (χ4v) is 3.19. The van der Waals surface area contributed by atoms with Crippen molar-refractivity contribution < 1.29 is 0 Å². The van der Waals surface area contributed by atoms with Crippen LogP contribution in [0.5, 0.6) is 0 Å². The first kappa shape index (κ1) is 14.4. The highest BCUT2D eigenvalue weighted by molar-refractivity contribution is 7.98. The molecule has 0 radical (unpaired) electrons. The van der Waals surface area contributed by atoms with Crippen LogP contribution in [0.25, 0.3) is 0 Å². The quantitative estimate of drug-likeness (QED) is 0.821. The molecule has 0 saturated heterocycles. The summed E-state index contributed by atoms with van der Waals surface area (Å²) in [5.74, 6) is 0. The largest absolute Gasteiger partial charge is 0.379 e. The van der Waals surface area contributed by atoms with Crippen LogP contribution < -0.4 is 5.32 Å². The van der Waals surface area contributed by atoms with Crippen molar-refractivity contribution in [3.63, 3.8) is 0 Å². The Morgan fingerprint density at radius 1 is 1.26 bits per heavy atom. The molecule has 0 amide bonds. The highest BCUT2D eigenvalue weighted by atomic mass is 32.2. The van der Waals surface area contributed by atoms with Crippen molar-refractivity contribution in [1.82, 2.24) is 4.98 Å². The molecular formula is C15H20N2S2. The van der Waals surface area contributed by atoms with Crippen LogP contribution in [0.2, 0.25) is 0 Å². The summed E-state index contributed by atoms with van der Waals surface area (Å²) < 4.78 is 0. The normalized spacial score (nSPS) is 11.6. The smallest absolute Gasteiger partial charge is 0.0981 e. The molecule has 2 rings (SSSR count). The molecular weight excluding hydrogens is 272 g/mol. The van der Waals surface area contributed by atoms with Gasteiger partial charge in [-0.05, 0) is 18.4 Å². The fourth-order valence-electron chi connectivity index (χ4n) is 1.71. The van der Waals surface area contributed by atoms with Crippen LogP contribution in [0.1, 0.15) is 30.7 Å². The minimum absolute atomic E-state index is 0.139. The van der Waals surface area contributed by atoms with Gasteiger partial charge in [0, 0.05) is 27.1 Å². The molecule has 1 aromatic heterocycles. The molecule has 0 bridgehead atoms. The summed E-state index contributed by atoms with van der Waals surface area (Å²) in [6.07, 6.45) is 4.09. The number of nitrogens with zero attached hydrogens (tertiary/aromatic N) is 1. The van der Waals surface area contributed by atoms with E-state index in [4.69, 9.17) is 0 Å². The number of hydrogen-bond donors (Lipinski definition) is 1. The molecule has 0 unspecified atom stereocenters. The van der Waals surface area contributed by atoms with Crippen LogP contribution in [0.4, 0.5) is 5.69 Å². The number of thioether (sulfide) groups is 1. The van der Waals surface area contributed by atoms with Crippen LogP contribution in [0.15, 0.2) is 35.4 Å². The number of rotatable bonds is 4. The standard InChI is InChI=1S/C15H20N2S2/c1-15(2,3)14-17-10-11(19-14)9-16-12-7-5-6-8-13(12)18-4/h5-8,10,16H,9H2,1-4H3. The number of hydrogen-bond acceptors (Lipinski definition) is 4. The minimum Gasteiger partial charge on any atom is -0.379 e. The van der Waals surface area contributed by atoms with Gasteiger partial charge >= 0.3 is 0 Å². The Labute approximate surface area is 123 Å². The van der Waals surface area contributed by atoms with Gasteiger partial charge in [0.2, 0.25) is 0 Å². The first-order valence-electron chi connectivity index (χ1n) is 6.33. The van der Waals surface area contributed by atoms with Crippen molar-refractivity contribution in [2.24, 2.45) is 0 Å². The van der Waals surface area contributed by atoms with Crippen LogP contribution in [0.3, 0.4) is 0 Å². The lowest BCUT2D eigenvalue weighted by molar-refractivity contribution is 0.585. The predicted octanol–water partition coefficient (Wildman–Crippen LogP) is 4.77. The maximum absolute atomic E-state index is 4.52.